The molecule has 134 valence electrons. The summed E-state index contributed by atoms with van der Waals surface area (Å²) in [4.78, 5) is 24.4. The summed E-state index contributed by atoms with van der Waals surface area (Å²) in [5.41, 5.74) is 6.58. The van der Waals surface area contributed by atoms with Crippen molar-refractivity contribution in [2.75, 3.05) is 5.01 Å². The largest absolute Gasteiger partial charge is 0.375 e. The van der Waals surface area contributed by atoms with Gasteiger partial charge in [0.2, 0.25) is 5.91 Å². The van der Waals surface area contributed by atoms with Gasteiger partial charge in [-0.3, -0.25) is 14.6 Å². The lowest BCUT2D eigenvalue weighted by Gasteiger charge is -2.32. The van der Waals surface area contributed by atoms with Gasteiger partial charge in [0.05, 0.1) is 17.9 Å². The number of nitrogens with one attached hydrogen (secondary N) is 1. The van der Waals surface area contributed by atoms with Gasteiger partial charge in [-0.25, -0.2) is 0 Å². The summed E-state index contributed by atoms with van der Waals surface area (Å²) in [6.07, 6.45) is 1.97. The first-order valence-corrected chi connectivity index (χ1v) is 8.61. The maximum Gasteiger partial charge on any atom is 0.267 e. The van der Waals surface area contributed by atoms with Crippen molar-refractivity contribution in [3.8, 4) is 0 Å². The molecule has 0 saturated carbocycles. The van der Waals surface area contributed by atoms with Gasteiger partial charge in [0.15, 0.2) is 0 Å². The molecule has 1 aromatic carbocycles. The van der Waals surface area contributed by atoms with Crippen molar-refractivity contribution in [1.29, 1.82) is 0 Å². The van der Waals surface area contributed by atoms with Crippen molar-refractivity contribution in [2.24, 2.45) is 10.8 Å². The number of ether oxygens (including phenoxy) is 1. The predicted molar refractivity (Wildman–Crippen MR) is 95.1 cm³/mol. The van der Waals surface area contributed by atoms with Crippen LogP contribution in [0, 0.1) is 0 Å². The highest BCUT2D eigenvalue weighted by atomic mass is 16.5. The molecule has 0 aliphatic carbocycles. The number of rotatable bonds is 4. The normalized spacial score (nSPS) is 29.2. The molecule has 1 fully saturated rings. The summed E-state index contributed by atoms with van der Waals surface area (Å²) in [6, 6.07) is 8.66. The molecular formula is C18H24N4O3. The Kier molecular flexibility index (Phi) is 5.03. The highest BCUT2D eigenvalue weighted by Crippen LogP contribution is 2.25. The molecule has 7 nitrogen and oxygen atoms in total. The van der Waals surface area contributed by atoms with E-state index in [1.807, 2.05) is 44.2 Å². The quantitative estimate of drug-likeness (QED) is 0.857. The molecule has 25 heavy (non-hydrogen) atoms. The summed E-state index contributed by atoms with van der Waals surface area (Å²) in [7, 11) is 0. The zero-order valence-electron chi connectivity index (χ0n) is 14.5. The maximum absolute atomic E-state index is 12.6. The summed E-state index contributed by atoms with van der Waals surface area (Å²) in [6.45, 7) is 4.00. The van der Waals surface area contributed by atoms with E-state index in [4.69, 9.17) is 10.5 Å². The third kappa shape index (κ3) is 3.99. The third-order valence-electron chi connectivity index (χ3n) is 4.55. The first-order chi connectivity index (χ1) is 11.9. The van der Waals surface area contributed by atoms with Crippen molar-refractivity contribution in [2.45, 2.75) is 57.4 Å². The second kappa shape index (κ2) is 7.23. The second-order valence-electron chi connectivity index (χ2n) is 6.75. The number of hydrazone groups is 1. The van der Waals surface area contributed by atoms with Gasteiger partial charge in [0.25, 0.3) is 5.91 Å². The van der Waals surface area contributed by atoms with Crippen molar-refractivity contribution in [3.05, 3.63) is 30.3 Å². The van der Waals surface area contributed by atoms with Crippen LogP contribution in [-0.4, -0.2) is 41.8 Å². The highest BCUT2D eigenvalue weighted by molar-refractivity contribution is 6.40. The number of hydrogen-bond donors (Lipinski definition) is 2. The minimum absolute atomic E-state index is 0.0479. The van der Waals surface area contributed by atoms with Crippen LogP contribution in [0.25, 0.3) is 0 Å². The molecule has 0 aromatic heterocycles. The molecule has 2 amide bonds. The van der Waals surface area contributed by atoms with E-state index in [0.717, 1.165) is 18.5 Å². The third-order valence-corrected chi connectivity index (χ3v) is 4.55. The summed E-state index contributed by atoms with van der Waals surface area (Å²) < 4.78 is 5.70. The van der Waals surface area contributed by atoms with Crippen LogP contribution in [0.3, 0.4) is 0 Å². The number of nitrogens with zero attached hydrogens (tertiary/aromatic N) is 2. The average Bonchev–Trinajstić information content (AvgIpc) is 3.00. The van der Waals surface area contributed by atoms with Crippen LogP contribution in [0.2, 0.25) is 0 Å². The standard InChI is InChI=1S/C18H24N4O3/c1-11-8-13(9-12(2)25-11)20-18(24)15-10-16(17(19)23)22(21-15)14-6-4-3-5-7-14/h3-7,11-13,16H,8-10H2,1-2H3,(H2,19,23)(H,20,24)/t11-,12-,16+/m1/s1. The maximum atomic E-state index is 12.6. The zero-order chi connectivity index (χ0) is 18.0. The van der Waals surface area contributed by atoms with Crippen LogP contribution in [-0.2, 0) is 14.3 Å². The Morgan fingerprint density at radius 1 is 1.20 bits per heavy atom. The molecule has 0 radical (unpaired) electrons. The lowest BCUT2D eigenvalue weighted by atomic mass is 9.99. The molecule has 2 aliphatic rings. The minimum atomic E-state index is -0.643. The van der Waals surface area contributed by atoms with Gasteiger partial charge in [-0.2, -0.15) is 5.10 Å². The molecule has 3 atom stereocenters. The molecule has 2 heterocycles. The molecule has 0 unspecified atom stereocenters. The van der Waals surface area contributed by atoms with Crippen molar-refractivity contribution in [1.82, 2.24) is 5.32 Å². The first-order valence-electron chi connectivity index (χ1n) is 8.61. The van der Waals surface area contributed by atoms with E-state index >= 15 is 0 Å². The van der Waals surface area contributed by atoms with Crippen LogP contribution < -0.4 is 16.1 Å². The molecule has 1 aromatic rings. The van der Waals surface area contributed by atoms with Gasteiger partial charge in [-0.05, 0) is 38.8 Å². The highest BCUT2D eigenvalue weighted by Gasteiger charge is 2.36. The van der Waals surface area contributed by atoms with Crippen molar-refractivity contribution < 1.29 is 14.3 Å². The van der Waals surface area contributed by atoms with E-state index in [0.29, 0.717) is 5.71 Å². The van der Waals surface area contributed by atoms with Crippen molar-refractivity contribution in [3.63, 3.8) is 0 Å². The average molecular weight is 344 g/mol. The SMILES string of the molecule is C[C@@H]1CC(NC(=O)C2=NN(c3ccccc3)[C@H](C(N)=O)C2)C[C@@H](C)O1. The van der Waals surface area contributed by atoms with E-state index in [1.165, 1.54) is 5.01 Å². The van der Waals surface area contributed by atoms with E-state index in [-0.39, 0.29) is 30.6 Å². The molecule has 7 heteroatoms. The van der Waals surface area contributed by atoms with E-state index < -0.39 is 11.9 Å². The minimum Gasteiger partial charge on any atom is -0.375 e. The van der Waals surface area contributed by atoms with Gasteiger partial charge in [0, 0.05) is 12.5 Å². The Bertz CT molecular complexity index is 666. The van der Waals surface area contributed by atoms with E-state index in [2.05, 4.69) is 10.4 Å². The number of para-hydroxylation sites is 1. The molecule has 1 saturated heterocycles. The van der Waals surface area contributed by atoms with Crippen molar-refractivity contribution >= 4 is 23.2 Å². The second-order valence-corrected chi connectivity index (χ2v) is 6.75. The molecule has 2 aliphatic heterocycles. The Morgan fingerprint density at radius 3 is 2.44 bits per heavy atom. The van der Waals surface area contributed by atoms with Crippen LogP contribution in [0.15, 0.2) is 35.4 Å². The number of benzene rings is 1. The molecule has 3 N–H and O–H groups in total. The molecular weight excluding hydrogens is 320 g/mol. The number of nitrogens with two attached hydrogens (primary N) is 1. The lowest BCUT2D eigenvalue weighted by molar-refractivity contribution is -0.119. The zero-order valence-corrected chi connectivity index (χ0v) is 14.5. The summed E-state index contributed by atoms with van der Waals surface area (Å²) in [5, 5.41) is 8.93. The van der Waals surface area contributed by atoms with Crippen LogP contribution in [0.1, 0.15) is 33.1 Å². The number of primary amides is 1. The summed E-state index contributed by atoms with van der Waals surface area (Å²) >= 11 is 0. The number of carbonyl (C=O) groups is 2. The Morgan fingerprint density at radius 2 is 1.84 bits per heavy atom. The summed E-state index contributed by atoms with van der Waals surface area (Å²) in [5.74, 6) is -0.736. The number of amides is 2. The number of anilines is 1. The Balaban J connectivity index is 1.73. The fourth-order valence-corrected chi connectivity index (χ4v) is 3.48. The molecule has 0 bridgehead atoms. The van der Waals surface area contributed by atoms with Crippen LogP contribution in [0.4, 0.5) is 5.69 Å². The number of hydrogen-bond acceptors (Lipinski definition) is 5. The van der Waals surface area contributed by atoms with Gasteiger partial charge in [-0.1, -0.05) is 18.2 Å². The Labute approximate surface area is 147 Å². The fraction of sp³-hybridized carbons (Fsp3) is 0.500. The molecule has 0 spiro atoms. The van der Waals surface area contributed by atoms with Gasteiger partial charge >= 0.3 is 0 Å². The number of carbonyl (C=O) groups excluding carboxylic acids is 2. The monoisotopic (exact) mass is 344 g/mol. The van der Waals surface area contributed by atoms with Gasteiger partial charge < -0.3 is 15.8 Å². The van der Waals surface area contributed by atoms with E-state index in [1.54, 1.807) is 0 Å². The van der Waals surface area contributed by atoms with Crippen LogP contribution in [0.5, 0.6) is 0 Å². The Hall–Kier alpha value is -2.41. The first kappa shape index (κ1) is 17.4. The van der Waals surface area contributed by atoms with Gasteiger partial charge in [0.1, 0.15) is 11.8 Å². The van der Waals surface area contributed by atoms with E-state index in [9.17, 15) is 9.59 Å². The predicted octanol–water partition coefficient (Wildman–Crippen LogP) is 1.18. The smallest absolute Gasteiger partial charge is 0.267 e. The lowest BCUT2D eigenvalue weighted by Crippen LogP contribution is -2.46. The molecule has 3 rings (SSSR count). The topological polar surface area (TPSA) is 97.0 Å². The van der Waals surface area contributed by atoms with Crippen LogP contribution >= 0.6 is 0 Å². The van der Waals surface area contributed by atoms with Gasteiger partial charge in [-0.15, -0.1) is 0 Å². The fourth-order valence-electron chi connectivity index (χ4n) is 3.48.